The quantitative estimate of drug-likeness (QED) is 0.430. The number of halogens is 1. The largest absolute Gasteiger partial charge is 0.131 e. The van der Waals surface area contributed by atoms with Gasteiger partial charge in [-0.2, -0.15) is 0 Å². The standard InChI is InChI=1S/C4H9I/c1-3-4-5-2/h4H,3H2,1-2H3. The summed E-state index contributed by atoms with van der Waals surface area (Å²) in [7, 11) is 0. The molecule has 0 spiro atoms. The van der Waals surface area contributed by atoms with Crippen LogP contribution in [-0.4, -0.2) is 8.94 Å². The van der Waals surface area contributed by atoms with Crippen molar-refractivity contribution in [2.75, 3.05) is 4.93 Å². The molecule has 0 atom stereocenters. The lowest BCUT2D eigenvalue weighted by molar-refractivity contribution is 1.36. The number of hydrogen-bond acceptors (Lipinski definition) is 0. The lowest BCUT2D eigenvalue weighted by Crippen LogP contribution is -1.52. The molecule has 0 aliphatic rings. The molecule has 1 heteroatoms. The van der Waals surface area contributed by atoms with E-state index in [0.29, 0.717) is 20.7 Å². The van der Waals surface area contributed by atoms with Gasteiger partial charge in [0.05, 0.1) is 0 Å². The van der Waals surface area contributed by atoms with Crippen LogP contribution in [0, 0.1) is 0 Å². The van der Waals surface area contributed by atoms with Crippen molar-refractivity contribution in [1.82, 2.24) is 0 Å². The minimum atomic E-state index is 0.482. The fraction of sp³-hybridized carbons (Fsp3) is 0.750. The molecule has 0 aromatic carbocycles. The van der Waals surface area contributed by atoms with E-state index >= 15 is 0 Å². The van der Waals surface area contributed by atoms with E-state index in [1.807, 2.05) is 0 Å². The number of hydrogen-bond donors (Lipinski definition) is 0. The highest BCUT2D eigenvalue weighted by molar-refractivity contribution is 14.2. The van der Waals surface area contributed by atoms with Gasteiger partial charge in [-0.3, -0.25) is 0 Å². The first-order valence-corrected chi connectivity index (χ1v) is 5.11. The molecule has 0 rings (SSSR count). The zero-order valence-corrected chi connectivity index (χ0v) is 5.82. The molecule has 0 nitrogen and oxygen atoms in total. The van der Waals surface area contributed by atoms with Crippen molar-refractivity contribution in [1.29, 1.82) is 0 Å². The average molecular weight is 184 g/mol. The first-order chi connectivity index (χ1) is 2.41. The van der Waals surface area contributed by atoms with Gasteiger partial charge in [0.25, 0.3) is 0 Å². The van der Waals surface area contributed by atoms with E-state index in [0.717, 1.165) is 0 Å². The normalized spacial score (nSPS) is 11.6. The second kappa shape index (κ2) is 4.60. The molecule has 0 fully saturated rings. The van der Waals surface area contributed by atoms with Crippen LogP contribution in [0.25, 0.3) is 0 Å². The Morgan fingerprint density at radius 3 is 2.40 bits per heavy atom. The summed E-state index contributed by atoms with van der Waals surface area (Å²) in [5, 5.41) is 0. The Morgan fingerprint density at radius 1 is 1.80 bits per heavy atom. The van der Waals surface area contributed by atoms with Gasteiger partial charge < -0.3 is 0 Å². The summed E-state index contributed by atoms with van der Waals surface area (Å²) in [6, 6.07) is 0. The molecule has 0 bridgehead atoms. The van der Waals surface area contributed by atoms with Crippen molar-refractivity contribution >= 4 is 24.7 Å². The maximum atomic E-state index is 2.36. The Morgan fingerprint density at radius 2 is 2.40 bits per heavy atom. The summed E-state index contributed by atoms with van der Waals surface area (Å²) in [6.07, 6.45) is 1.27. The maximum absolute atomic E-state index is 2.36. The topological polar surface area (TPSA) is 0 Å². The molecule has 0 unspecified atom stereocenters. The van der Waals surface area contributed by atoms with Gasteiger partial charge in [-0.25, -0.2) is 0 Å². The molecule has 0 aliphatic heterocycles. The van der Waals surface area contributed by atoms with Gasteiger partial charge in [0, 0.05) is 0 Å². The summed E-state index contributed by atoms with van der Waals surface area (Å²) >= 11 is 0.482. The average Bonchev–Trinajstić information content (AvgIpc) is 1.41. The minimum absolute atomic E-state index is 0.482. The maximum Gasteiger partial charge on any atom is -0.0172 e. The van der Waals surface area contributed by atoms with Crippen LogP contribution in [0.3, 0.4) is 0 Å². The fourth-order valence-corrected chi connectivity index (χ4v) is 1.04. The molecule has 0 aromatic rings. The van der Waals surface area contributed by atoms with Gasteiger partial charge in [-0.05, 0) is 11.4 Å². The van der Waals surface area contributed by atoms with E-state index in [2.05, 4.69) is 15.9 Å². The van der Waals surface area contributed by atoms with Crippen molar-refractivity contribution in [3.63, 3.8) is 0 Å². The van der Waals surface area contributed by atoms with Gasteiger partial charge >= 0.3 is 0 Å². The van der Waals surface area contributed by atoms with E-state index in [-0.39, 0.29) is 0 Å². The van der Waals surface area contributed by atoms with E-state index in [1.54, 1.807) is 0 Å². The zero-order chi connectivity index (χ0) is 4.12. The van der Waals surface area contributed by atoms with Gasteiger partial charge in [0.15, 0.2) is 0 Å². The third-order valence-electron chi connectivity index (χ3n) is 0.309. The van der Waals surface area contributed by atoms with Crippen molar-refractivity contribution in [2.45, 2.75) is 13.3 Å². The van der Waals surface area contributed by atoms with E-state index in [9.17, 15) is 0 Å². The molecule has 0 saturated carbocycles. The summed E-state index contributed by atoms with van der Waals surface area (Å²) in [6.45, 7) is 2.18. The molecule has 0 saturated heterocycles. The first kappa shape index (κ1) is 5.60. The highest BCUT2D eigenvalue weighted by Gasteiger charge is 1.53. The Bertz CT molecular complexity index is 30.6. The van der Waals surface area contributed by atoms with Gasteiger partial charge in [-0.1, -0.05) is 10.9 Å². The van der Waals surface area contributed by atoms with Crippen molar-refractivity contribution in [2.24, 2.45) is 0 Å². The van der Waals surface area contributed by atoms with Crippen LogP contribution in [0.5, 0.6) is 0 Å². The smallest absolute Gasteiger partial charge is 0.0172 e. The molecular weight excluding hydrogens is 175 g/mol. The van der Waals surface area contributed by atoms with Crippen LogP contribution in [0.1, 0.15) is 13.3 Å². The molecule has 0 amide bonds. The summed E-state index contributed by atoms with van der Waals surface area (Å²) in [5.41, 5.74) is 0. The van der Waals surface area contributed by atoms with E-state index < -0.39 is 0 Å². The molecule has 0 aliphatic carbocycles. The van der Waals surface area contributed by atoms with Crippen LogP contribution in [-0.2, 0) is 0 Å². The van der Waals surface area contributed by atoms with E-state index in [1.165, 1.54) is 6.42 Å². The molecule has 5 heavy (non-hydrogen) atoms. The van der Waals surface area contributed by atoms with Gasteiger partial charge in [-0.15, -0.1) is 20.7 Å². The Kier molecular flexibility index (Phi) is 5.15. The highest BCUT2D eigenvalue weighted by atomic mass is 127. The third kappa shape index (κ3) is 4.60. The van der Waals surface area contributed by atoms with Crippen LogP contribution in [0.15, 0.2) is 0 Å². The van der Waals surface area contributed by atoms with Crippen molar-refractivity contribution in [3.8, 4) is 0 Å². The highest BCUT2D eigenvalue weighted by Crippen LogP contribution is 1.82. The predicted octanol–water partition coefficient (Wildman–Crippen LogP) is 1.80. The Balaban J connectivity index is 2.62. The van der Waals surface area contributed by atoms with Crippen LogP contribution >= 0.6 is 20.7 Å². The SMILES string of the molecule is CCC=IC. The lowest BCUT2D eigenvalue weighted by atomic mass is 10.6. The Labute approximate surface area is 43.3 Å². The molecule has 32 valence electrons. The second-order valence-electron chi connectivity index (χ2n) is 0.781. The number of alkyl halides is 1. The van der Waals surface area contributed by atoms with Gasteiger partial charge in [0.2, 0.25) is 0 Å². The third-order valence-corrected chi connectivity index (χ3v) is 2.07. The van der Waals surface area contributed by atoms with Crippen LogP contribution in [0.4, 0.5) is 0 Å². The van der Waals surface area contributed by atoms with Crippen molar-refractivity contribution < 1.29 is 0 Å². The second-order valence-corrected chi connectivity index (χ2v) is 2.91. The summed E-state index contributed by atoms with van der Waals surface area (Å²) in [5.74, 6) is 0. The monoisotopic (exact) mass is 184 g/mol. The van der Waals surface area contributed by atoms with Crippen LogP contribution in [0.2, 0.25) is 0 Å². The Hall–Kier alpha value is 0.600. The molecular formula is C4H9I. The van der Waals surface area contributed by atoms with Crippen molar-refractivity contribution in [3.05, 3.63) is 0 Å². The van der Waals surface area contributed by atoms with Crippen LogP contribution < -0.4 is 0 Å². The first-order valence-electron chi connectivity index (χ1n) is 1.71. The van der Waals surface area contributed by atoms with E-state index in [4.69, 9.17) is 0 Å². The summed E-state index contributed by atoms with van der Waals surface area (Å²) in [4.78, 5) is 2.27. The van der Waals surface area contributed by atoms with Gasteiger partial charge in [0.1, 0.15) is 0 Å². The molecule has 0 heterocycles. The lowest BCUT2D eigenvalue weighted by Gasteiger charge is -1.64. The minimum Gasteiger partial charge on any atom is -0.131 e. The molecule has 0 radical (unpaired) electrons. The predicted molar refractivity (Wildman–Crippen MR) is 36.3 cm³/mol. The zero-order valence-electron chi connectivity index (χ0n) is 3.66. The molecule has 0 aromatic heterocycles. The fourth-order valence-electron chi connectivity index (χ4n) is 0.154. The molecule has 0 N–H and O–H groups in total. The summed E-state index contributed by atoms with van der Waals surface area (Å²) < 4.78 is 2.36. The number of rotatable bonds is 1.